The zero-order valence-electron chi connectivity index (χ0n) is 20.9. The van der Waals surface area contributed by atoms with Gasteiger partial charge in [0.25, 0.3) is 0 Å². The highest BCUT2D eigenvalue weighted by atomic mass is 32.1. The molecule has 1 amide bonds. The molecule has 8 nitrogen and oxygen atoms in total. The van der Waals surface area contributed by atoms with Crippen molar-refractivity contribution in [1.82, 2.24) is 30.1 Å². The molecule has 194 valence electrons. The summed E-state index contributed by atoms with van der Waals surface area (Å²) in [6.45, 7) is 0. The first-order chi connectivity index (χ1) is 19.1. The number of imidazole rings is 1. The first-order valence-corrected chi connectivity index (χ1v) is 13.8. The number of nitrogens with zero attached hydrogens (tertiary/aromatic N) is 4. The second kappa shape index (κ2) is 9.70. The zero-order chi connectivity index (χ0) is 26.3. The van der Waals surface area contributed by atoms with Gasteiger partial charge in [0.05, 0.1) is 40.3 Å². The van der Waals surface area contributed by atoms with Gasteiger partial charge in [-0.2, -0.15) is 9.49 Å². The van der Waals surface area contributed by atoms with Crippen molar-refractivity contribution in [2.75, 3.05) is 5.32 Å². The third kappa shape index (κ3) is 4.46. The van der Waals surface area contributed by atoms with E-state index in [-0.39, 0.29) is 17.0 Å². The first kappa shape index (κ1) is 23.7. The molecule has 0 aliphatic heterocycles. The van der Waals surface area contributed by atoms with Crippen LogP contribution in [0.4, 0.5) is 10.1 Å². The number of amides is 1. The molecule has 0 spiro atoms. The van der Waals surface area contributed by atoms with Gasteiger partial charge in [-0.05, 0) is 43.2 Å². The van der Waals surface area contributed by atoms with Crippen molar-refractivity contribution in [2.24, 2.45) is 5.92 Å². The van der Waals surface area contributed by atoms with E-state index in [9.17, 15) is 9.18 Å². The van der Waals surface area contributed by atoms with Crippen molar-refractivity contribution in [3.05, 3.63) is 66.2 Å². The maximum Gasteiger partial charge on any atom is 0.227 e. The minimum absolute atomic E-state index is 0.0590. The van der Waals surface area contributed by atoms with E-state index in [0.717, 1.165) is 75.0 Å². The number of hydrogen-bond donors (Lipinski definition) is 3. The molecule has 39 heavy (non-hydrogen) atoms. The van der Waals surface area contributed by atoms with Crippen molar-refractivity contribution in [3.63, 3.8) is 0 Å². The Labute approximate surface area is 226 Å². The van der Waals surface area contributed by atoms with E-state index in [2.05, 4.69) is 30.5 Å². The molecule has 10 heteroatoms. The second-order valence-corrected chi connectivity index (χ2v) is 10.9. The topological polar surface area (TPSA) is 112 Å². The smallest absolute Gasteiger partial charge is 0.227 e. The summed E-state index contributed by atoms with van der Waals surface area (Å²) in [7, 11) is 0. The van der Waals surface area contributed by atoms with Crippen LogP contribution in [0.1, 0.15) is 32.1 Å². The molecule has 5 heterocycles. The molecule has 1 fully saturated rings. The average Bonchev–Trinajstić information content (AvgIpc) is 3.71. The third-order valence-electron chi connectivity index (χ3n) is 7.30. The van der Waals surface area contributed by atoms with E-state index in [1.165, 1.54) is 12.5 Å². The minimum atomic E-state index is -0.233. The summed E-state index contributed by atoms with van der Waals surface area (Å²) in [4.78, 5) is 30.7. The highest BCUT2D eigenvalue weighted by Crippen LogP contribution is 2.35. The van der Waals surface area contributed by atoms with Gasteiger partial charge in [0, 0.05) is 33.5 Å². The molecule has 6 aromatic rings. The number of pyridine rings is 2. The number of carbonyl (C=O) groups is 1. The van der Waals surface area contributed by atoms with Gasteiger partial charge in [0.15, 0.2) is 11.0 Å². The summed E-state index contributed by atoms with van der Waals surface area (Å²) >= 11 is 1.09. The lowest BCUT2D eigenvalue weighted by Gasteiger charge is -2.20. The molecular weight excluding hydrogens is 513 g/mol. The number of nitrogens with one attached hydrogen (secondary N) is 3. The summed E-state index contributed by atoms with van der Waals surface area (Å²) in [6.07, 6.45) is 10.4. The van der Waals surface area contributed by atoms with Gasteiger partial charge in [0.1, 0.15) is 5.69 Å². The Morgan fingerprint density at radius 2 is 1.92 bits per heavy atom. The van der Waals surface area contributed by atoms with Gasteiger partial charge in [-0.25, -0.2) is 4.98 Å². The highest BCUT2D eigenvalue weighted by Gasteiger charge is 2.21. The Bertz CT molecular complexity index is 1830. The number of para-hydroxylation sites is 1. The highest BCUT2D eigenvalue weighted by molar-refractivity contribution is 7.14. The van der Waals surface area contributed by atoms with Crippen LogP contribution < -0.4 is 5.32 Å². The minimum Gasteiger partial charge on any atom is -0.337 e. The molecule has 3 N–H and O–H groups in total. The van der Waals surface area contributed by atoms with Crippen LogP contribution in [-0.4, -0.2) is 36.0 Å². The maximum absolute atomic E-state index is 13.7. The molecule has 1 aliphatic rings. The van der Waals surface area contributed by atoms with Crippen LogP contribution >= 0.6 is 11.3 Å². The maximum atomic E-state index is 13.7. The first-order valence-electron chi connectivity index (χ1n) is 13.0. The number of H-pyrrole nitrogens is 2. The Hall–Kier alpha value is -4.44. The van der Waals surface area contributed by atoms with Crippen molar-refractivity contribution in [1.29, 1.82) is 0 Å². The quantitative estimate of drug-likeness (QED) is 0.220. The van der Waals surface area contributed by atoms with E-state index < -0.39 is 0 Å². The molecule has 5 aromatic heterocycles. The molecule has 0 atom stereocenters. The lowest BCUT2D eigenvalue weighted by Crippen LogP contribution is -2.24. The Morgan fingerprint density at radius 3 is 2.77 bits per heavy atom. The molecule has 1 aliphatic carbocycles. The number of hydrogen-bond acceptors (Lipinski definition) is 6. The molecule has 1 aromatic carbocycles. The largest absolute Gasteiger partial charge is 0.337 e. The third-order valence-corrected chi connectivity index (χ3v) is 8.21. The van der Waals surface area contributed by atoms with Crippen LogP contribution in [0.25, 0.3) is 55.2 Å². The number of carbonyl (C=O) groups excluding carboxylic acids is 1. The molecule has 0 radical (unpaired) electrons. The number of benzene rings is 1. The number of anilines is 1. The summed E-state index contributed by atoms with van der Waals surface area (Å²) in [5.41, 5.74) is 6.04. The van der Waals surface area contributed by atoms with Crippen LogP contribution in [0.3, 0.4) is 0 Å². The fraction of sp³-hybridized carbons (Fsp3) is 0.207. The fourth-order valence-corrected chi connectivity index (χ4v) is 6.07. The zero-order valence-corrected chi connectivity index (χ0v) is 21.7. The number of aromatic nitrogens is 6. The summed E-state index contributed by atoms with van der Waals surface area (Å²) in [5.74, 6) is 0.724. The normalized spacial score (nSPS) is 14.3. The summed E-state index contributed by atoms with van der Waals surface area (Å²) in [6, 6.07) is 12.9. The van der Waals surface area contributed by atoms with E-state index in [0.29, 0.717) is 22.9 Å². The van der Waals surface area contributed by atoms with Crippen molar-refractivity contribution in [2.45, 2.75) is 32.1 Å². The van der Waals surface area contributed by atoms with E-state index in [1.807, 2.05) is 30.3 Å². The van der Waals surface area contributed by atoms with Crippen LogP contribution in [0, 0.1) is 11.0 Å². The molecule has 1 saturated carbocycles. The SMILES string of the molecule is O=C(Nc1cncc(-c2cc3c(-c4nc5c(-c6ccc(F)s6)cccc5[nH]4)n[nH]c3cn2)c1)C1CCCCC1. The van der Waals surface area contributed by atoms with Crippen LogP contribution in [-0.2, 0) is 4.79 Å². The lowest BCUT2D eigenvalue weighted by atomic mass is 9.88. The van der Waals surface area contributed by atoms with Gasteiger partial charge in [-0.3, -0.25) is 19.9 Å². The predicted molar refractivity (Wildman–Crippen MR) is 151 cm³/mol. The Morgan fingerprint density at radius 1 is 1.03 bits per heavy atom. The van der Waals surface area contributed by atoms with Crippen LogP contribution in [0.15, 0.2) is 61.1 Å². The molecular formula is C29H24FN7OS. The summed E-state index contributed by atoms with van der Waals surface area (Å²) < 4.78 is 13.7. The molecule has 0 unspecified atom stereocenters. The monoisotopic (exact) mass is 537 g/mol. The van der Waals surface area contributed by atoms with Crippen LogP contribution in [0.5, 0.6) is 0 Å². The molecule has 7 rings (SSSR count). The van der Waals surface area contributed by atoms with Gasteiger partial charge < -0.3 is 10.3 Å². The Balaban J connectivity index is 1.22. The van der Waals surface area contributed by atoms with Crippen LogP contribution in [0.2, 0.25) is 0 Å². The molecule has 0 saturated heterocycles. The number of rotatable bonds is 5. The standard InChI is InChI=1S/C29H24FN7OS/c30-25-10-9-24(39-25)19-7-4-8-21-26(19)35-28(34-21)27-20-12-22(32-15-23(20)36-37-27)17-11-18(14-31-13-17)33-29(38)16-5-2-1-3-6-16/h4,7-16H,1-3,5-6H2,(H,33,38)(H,34,35)(H,36,37). The number of halogens is 1. The van der Waals surface area contributed by atoms with E-state index in [1.54, 1.807) is 24.7 Å². The van der Waals surface area contributed by atoms with Gasteiger partial charge >= 0.3 is 0 Å². The Kier molecular flexibility index (Phi) is 5.89. The van der Waals surface area contributed by atoms with Gasteiger partial charge in [0.2, 0.25) is 5.91 Å². The van der Waals surface area contributed by atoms with E-state index in [4.69, 9.17) is 4.98 Å². The number of thiophene rings is 1. The average molecular weight is 538 g/mol. The van der Waals surface area contributed by atoms with Gasteiger partial charge in [-0.15, -0.1) is 11.3 Å². The van der Waals surface area contributed by atoms with Gasteiger partial charge in [-0.1, -0.05) is 31.4 Å². The lowest BCUT2D eigenvalue weighted by molar-refractivity contribution is -0.120. The summed E-state index contributed by atoms with van der Waals surface area (Å²) in [5, 5.41) is 11.2. The fourth-order valence-electron chi connectivity index (χ4n) is 5.31. The van der Waals surface area contributed by atoms with Crippen molar-refractivity contribution >= 4 is 44.9 Å². The number of aromatic amines is 2. The second-order valence-electron chi connectivity index (χ2n) is 9.86. The molecule has 0 bridgehead atoms. The number of fused-ring (bicyclic) bond motifs is 2. The van der Waals surface area contributed by atoms with Crippen molar-refractivity contribution < 1.29 is 9.18 Å². The predicted octanol–water partition coefficient (Wildman–Crippen LogP) is 6.95. The van der Waals surface area contributed by atoms with E-state index >= 15 is 0 Å². The van der Waals surface area contributed by atoms with Crippen molar-refractivity contribution in [3.8, 4) is 33.2 Å².